The Bertz CT molecular complexity index is 35.4. The second-order valence-electron chi connectivity index (χ2n) is 1.44. The lowest BCUT2D eigenvalue weighted by atomic mass is 10.6. The molecule has 0 atom stereocenters. The lowest BCUT2D eigenvalue weighted by molar-refractivity contribution is 0.417. The van der Waals surface area contributed by atoms with Crippen LogP contribution in [0.25, 0.3) is 0 Å². The standard InChI is InChI=1S/C3H6O.C3H8/c1-3(2)4;1-3-2/h4H,1H2,2H3;3H2,1-2H3. The zero-order chi connectivity index (χ0) is 6.28. The fourth-order valence-corrected chi connectivity index (χ4v) is 0. The van der Waals surface area contributed by atoms with E-state index < -0.39 is 0 Å². The first-order valence-corrected chi connectivity index (χ1v) is 2.49. The van der Waals surface area contributed by atoms with Crippen molar-refractivity contribution in [2.45, 2.75) is 27.2 Å². The van der Waals surface area contributed by atoms with E-state index in [-0.39, 0.29) is 5.76 Å². The fourth-order valence-electron chi connectivity index (χ4n) is 0. The molecule has 0 spiro atoms. The molecule has 0 amide bonds. The lowest BCUT2D eigenvalue weighted by Gasteiger charge is -1.68. The largest absolute Gasteiger partial charge is 0.513 e. The summed E-state index contributed by atoms with van der Waals surface area (Å²) in [6, 6.07) is 0. The first-order chi connectivity index (χ1) is 3.15. The van der Waals surface area contributed by atoms with E-state index in [9.17, 15) is 0 Å². The highest BCUT2D eigenvalue weighted by atomic mass is 16.3. The van der Waals surface area contributed by atoms with E-state index >= 15 is 0 Å². The fraction of sp³-hybridized carbons (Fsp3) is 0.667. The third kappa shape index (κ3) is 328. The third-order valence-electron chi connectivity index (χ3n) is 0. The number of rotatable bonds is 0. The van der Waals surface area contributed by atoms with Gasteiger partial charge in [-0.05, 0) is 6.92 Å². The van der Waals surface area contributed by atoms with Gasteiger partial charge in [0, 0.05) is 0 Å². The van der Waals surface area contributed by atoms with Crippen LogP contribution in [-0.2, 0) is 0 Å². The van der Waals surface area contributed by atoms with Crippen LogP contribution in [0.1, 0.15) is 27.2 Å². The van der Waals surface area contributed by atoms with Crippen LogP contribution in [0.2, 0.25) is 0 Å². The molecule has 1 heteroatoms. The maximum absolute atomic E-state index is 7.86. The Morgan fingerprint density at radius 1 is 1.57 bits per heavy atom. The average molecular weight is 102 g/mol. The zero-order valence-electron chi connectivity index (χ0n) is 5.36. The topological polar surface area (TPSA) is 20.2 Å². The summed E-state index contributed by atoms with van der Waals surface area (Å²) in [6.07, 6.45) is 1.25. The molecule has 0 aromatic rings. The monoisotopic (exact) mass is 102 g/mol. The molecule has 0 aliphatic rings. The number of aliphatic hydroxyl groups excluding tert-OH is 1. The summed E-state index contributed by atoms with van der Waals surface area (Å²) >= 11 is 0. The summed E-state index contributed by atoms with van der Waals surface area (Å²) in [5.41, 5.74) is 0. The lowest BCUT2D eigenvalue weighted by Crippen LogP contribution is -1.54. The van der Waals surface area contributed by atoms with E-state index in [2.05, 4.69) is 20.4 Å². The maximum atomic E-state index is 7.86. The van der Waals surface area contributed by atoms with Gasteiger partial charge in [-0.25, -0.2) is 0 Å². The van der Waals surface area contributed by atoms with Crippen LogP contribution in [0.4, 0.5) is 0 Å². The molecule has 0 aromatic heterocycles. The van der Waals surface area contributed by atoms with E-state index in [1.165, 1.54) is 13.3 Å². The van der Waals surface area contributed by atoms with Gasteiger partial charge in [-0.1, -0.05) is 26.8 Å². The van der Waals surface area contributed by atoms with Crippen LogP contribution in [0, 0.1) is 0 Å². The van der Waals surface area contributed by atoms with Crippen molar-refractivity contribution in [3.63, 3.8) is 0 Å². The quantitative estimate of drug-likeness (QED) is 0.466. The highest BCUT2D eigenvalue weighted by molar-refractivity contribution is 4.67. The van der Waals surface area contributed by atoms with Crippen LogP contribution in [0.3, 0.4) is 0 Å². The number of aliphatic hydroxyl groups is 1. The molecule has 0 fully saturated rings. The summed E-state index contributed by atoms with van der Waals surface area (Å²) in [7, 11) is 0. The Morgan fingerprint density at radius 3 is 1.57 bits per heavy atom. The second-order valence-corrected chi connectivity index (χ2v) is 1.44. The van der Waals surface area contributed by atoms with Crippen LogP contribution in [0.15, 0.2) is 12.3 Å². The van der Waals surface area contributed by atoms with Gasteiger partial charge in [0.05, 0.1) is 5.76 Å². The predicted octanol–water partition coefficient (Wildman–Crippen LogP) is 2.49. The Balaban J connectivity index is 0. The molecule has 0 saturated heterocycles. The zero-order valence-corrected chi connectivity index (χ0v) is 5.36. The first kappa shape index (κ1) is 9.74. The minimum absolute atomic E-state index is 0.167. The van der Waals surface area contributed by atoms with Crippen molar-refractivity contribution in [3.05, 3.63) is 12.3 Å². The smallest absolute Gasteiger partial charge is 0.0820 e. The molecular formula is C6H14O. The molecule has 0 saturated carbocycles. The highest BCUT2D eigenvalue weighted by Crippen LogP contribution is 1.66. The molecule has 0 aliphatic carbocycles. The van der Waals surface area contributed by atoms with Gasteiger partial charge in [-0.3, -0.25) is 0 Å². The Hall–Kier alpha value is -0.460. The van der Waals surface area contributed by atoms with Gasteiger partial charge >= 0.3 is 0 Å². The molecule has 0 unspecified atom stereocenters. The normalized spacial score (nSPS) is 6.14. The molecule has 0 aromatic carbocycles. The van der Waals surface area contributed by atoms with Gasteiger partial charge in [0.2, 0.25) is 0 Å². The Morgan fingerprint density at radius 2 is 1.57 bits per heavy atom. The third-order valence-corrected chi connectivity index (χ3v) is 0. The predicted molar refractivity (Wildman–Crippen MR) is 33.4 cm³/mol. The van der Waals surface area contributed by atoms with Gasteiger partial charge in [-0.15, -0.1) is 0 Å². The van der Waals surface area contributed by atoms with E-state index in [0.29, 0.717) is 0 Å². The number of hydrogen-bond donors (Lipinski definition) is 1. The summed E-state index contributed by atoms with van der Waals surface area (Å²) < 4.78 is 0. The minimum atomic E-state index is 0.167. The molecule has 1 nitrogen and oxygen atoms in total. The van der Waals surface area contributed by atoms with Crippen LogP contribution in [0.5, 0.6) is 0 Å². The van der Waals surface area contributed by atoms with Crippen molar-refractivity contribution in [2.24, 2.45) is 0 Å². The molecule has 0 rings (SSSR count). The van der Waals surface area contributed by atoms with E-state index in [0.717, 1.165) is 0 Å². The van der Waals surface area contributed by atoms with Crippen molar-refractivity contribution < 1.29 is 5.11 Å². The van der Waals surface area contributed by atoms with Gasteiger partial charge in [0.25, 0.3) is 0 Å². The summed E-state index contributed by atoms with van der Waals surface area (Å²) in [6.45, 7) is 8.89. The van der Waals surface area contributed by atoms with Gasteiger partial charge in [-0.2, -0.15) is 0 Å². The van der Waals surface area contributed by atoms with Crippen LogP contribution in [-0.4, -0.2) is 5.11 Å². The Labute approximate surface area is 45.7 Å². The van der Waals surface area contributed by atoms with Crippen LogP contribution < -0.4 is 0 Å². The summed E-state index contributed by atoms with van der Waals surface area (Å²) in [4.78, 5) is 0. The minimum Gasteiger partial charge on any atom is -0.513 e. The maximum Gasteiger partial charge on any atom is 0.0820 e. The molecular weight excluding hydrogens is 88.1 g/mol. The van der Waals surface area contributed by atoms with E-state index in [4.69, 9.17) is 5.11 Å². The Kier molecular flexibility index (Phi) is 12.7. The number of allylic oxidation sites excluding steroid dienone is 1. The number of hydrogen-bond acceptors (Lipinski definition) is 1. The molecule has 0 aliphatic heterocycles. The van der Waals surface area contributed by atoms with Gasteiger partial charge < -0.3 is 5.11 Å². The molecule has 0 radical (unpaired) electrons. The highest BCUT2D eigenvalue weighted by Gasteiger charge is 1.53. The van der Waals surface area contributed by atoms with Gasteiger partial charge in [0.1, 0.15) is 0 Å². The van der Waals surface area contributed by atoms with Crippen LogP contribution >= 0.6 is 0 Å². The first-order valence-electron chi connectivity index (χ1n) is 2.49. The van der Waals surface area contributed by atoms with Crippen molar-refractivity contribution in [1.82, 2.24) is 0 Å². The van der Waals surface area contributed by atoms with Crippen molar-refractivity contribution >= 4 is 0 Å². The molecule has 44 valence electrons. The SMILES string of the molecule is C=C(C)O.CCC. The second kappa shape index (κ2) is 9.11. The van der Waals surface area contributed by atoms with Gasteiger partial charge in [0.15, 0.2) is 0 Å². The average Bonchev–Trinajstić information content (AvgIpc) is 1.33. The van der Waals surface area contributed by atoms with E-state index in [1.807, 2.05) is 0 Å². The van der Waals surface area contributed by atoms with Crippen molar-refractivity contribution in [2.75, 3.05) is 0 Å². The molecule has 7 heavy (non-hydrogen) atoms. The molecule has 1 N–H and O–H groups in total. The summed E-state index contributed by atoms with van der Waals surface area (Å²) in [5, 5.41) is 7.86. The van der Waals surface area contributed by atoms with E-state index in [1.54, 1.807) is 0 Å². The molecule has 0 heterocycles. The van der Waals surface area contributed by atoms with Crippen molar-refractivity contribution in [3.8, 4) is 0 Å². The molecule has 0 bridgehead atoms. The summed E-state index contributed by atoms with van der Waals surface area (Å²) in [5.74, 6) is 0.167. The van der Waals surface area contributed by atoms with Crippen molar-refractivity contribution in [1.29, 1.82) is 0 Å².